The molecule has 1 aromatic rings. The highest BCUT2D eigenvalue weighted by atomic mass is 16.2. The van der Waals surface area contributed by atoms with Gasteiger partial charge in [0.1, 0.15) is 0 Å². The van der Waals surface area contributed by atoms with Gasteiger partial charge in [0, 0.05) is 37.7 Å². The molecule has 0 atom stereocenters. The first kappa shape index (κ1) is 19.1. The number of rotatable bonds is 7. The Morgan fingerprint density at radius 3 is 2.64 bits per heavy atom. The molecule has 0 aromatic carbocycles. The molecule has 0 radical (unpaired) electrons. The number of aryl methyl sites for hydroxylation is 1. The summed E-state index contributed by atoms with van der Waals surface area (Å²) in [6.45, 7) is 8.69. The first-order chi connectivity index (χ1) is 12.0. The second-order valence-corrected chi connectivity index (χ2v) is 6.99. The van der Waals surface area contributed by atoms with E-state index < -0.39 is 5.41 Å². The van der Waals surface area contributed by atoms with E-state index in [0.29, 0.717) is 25.9 Å². The summed E-state index contributed by atoms with van der Waals surface area (Å²) in [5.41, 5.74) is 0.533. The molecule has 2 heterocycles. The molecule has 0 aliphatic carbocycles. The summed E-state index contributed by atoms with van der Waals surface area (Å²) in [7, 11) is 0. The van der Waals surface area contributed by atoms with E-state index in [2.05, 4.69) is 21.9 Å². The minimum absolute atomic E-state index is 0.0579. The standard InChI is InChI=1S/C19H28N4O2/c1-4-17(24)23-12-8-19(9-13-23,18(25)22-15(2)3)7-5-6-16-14-20-10-11-21-16/h4,10-11,14-15H,1,5-9,12-13H2,2-3H3,(H,22,25). The van der Waals surface area contributed by atoms with Crippen LogP contribution in [0.15, 0.2) is 31.2 Å². The molecule has 0 unspecified atom stereocenters. The second kappa shape index (κ2) is 8.74. The van der Waals surface area contributed by atoms with Crippen LogP contribution in [0.4, 0.5) is 0 Å². The third kappa shape index (κ3) is 5.11. The highest BCUT2D eigenvalue weighted by molar-refractivity contribution is 5.88. The van der Waals surface area contributed by atoms with Crippen LogP contribution in [0.25, 0.3) is 0 Å². The molecule has 1 fully saturated rings. The lowest BCUT2D eigenvalue weighted by molar-refractivity contribution is -0.139. The van der Waals surface area contributed by atoms with E-state index in [-0.39, 0.29) is 17.9 Å². The molecule has 6 heteroatoms. The second-order valence-electron chi connectivity index (χ2n) is 6.99. The third-order valence-electron chi connectivity index (χ3n) is 4.81. The van der Waals surface area contributed by atoms with Gasteiger partial charge in [-0.1, -0.05) is 6.58 Å². The van der Waals surface area contributed by atoms with Gasteiger partial charge in [0.25, 0.3) is 0 Å². The van der Waals surface area contributed by atoms with Gasteiger partial charge < -0.3 is 10.2 Å². The average molecular weight is 344 g/mol. The molecule has 2 rings (SSSR count). The number of hydrogen-bond acceptors (Lipinski definition) is 4. The number of nitrogens with zero attached hydrogens (tertiary/aromatic N) is 3. The van der Waals surface area contributed by atoms with E-state index in [1.165, 1.54) is 6.08 Å². The summed E-state index contributed by atoms with van der Waals surface area (Å²) in [6.07, 6.45) is 10.3. The zero-order valence-corrected chi connectivity index (χ0v) is 15.2. The van der Waals surface area contributed by atoms with Crippen molar-refractivity contribution in [1.82, 2.24) is 20.2 Å². The SMILES string of the molecule is C=CC(=O)N1CCC(CCCc2cnccn2)(C(=O)NC(C)C)CC1. The fraction of sp³-hybridized carbons (Fsp3) is 0.579. The summed E-state index contributed by atoms with van der Waals surface area (Å²) < 4.78 is 0. The molecule has 0 spiro atoms. The Kier molecular flexibility index (Phi) is 6.67. The van der Waals surface area contributed by atoms with Crippen LogP contribution < -0.4 is 5.32 Å². The van der Waals surface area contributed by atoms with Crippen LogP contribution in [-0.4, -0.2) is 45.8 Å². The lowest BCUT2D eigenvalue weighted by atomic mass is 9.73. The maximum Gasteiger partial charge on any atom is 0.245 e. The minimum Gasteiger partial charge on any atom is -0.353 e. The van der Waals surface area contributed by atoms with E-state index in [1.807, 2.05) is 13.8 Å². The largest absolute Gasteiger partial charge is 0.353 e. The summed E-state index contributed by atoms with van der Waals surface area (Å²) in [5.74, 6) is 0.0461. The molecular weight excluding hydrogens is 316 g/mol. The number of nitrogens with one attached hydrogen (secondary N) is 1. The number of carbonyl (C=O) groups excluding carboxylic acids is 2. The molecule has 136 valence electrons. The van der Waals surface area contributed by atoms with Crippen LogP contribution in [0.1, 0.15) is 45.2 Å². The number of piperidine rings is 1. The predicted molar refractivity (Wildman–Crippen MR) is 96.7 cm³/mol. The fourth-order valence-electron chi connectivity index (χ4n) is 3.36. The van der Waals surface area contributed by atoms with E-state index >= 15 is 0 Å². The van der Waals surface area contributed by atoms with Crippen molar-refractivity contribution in [2.24, 2.45) is 5.41 Å². The highest BCUT2D eigenvalue weighted by Crippen LogP contribution is 2.37. The van der Waals surface area contributed by atoms with Gasteiger partial charge >= 0.3 is 0 Å². The molecule has 6 nitrogen and oxygen atoms in total. The smallest absolute Gasteiger partial charge is 0.245 e. The fourth-order valence-corrected chi connectivity index (χ4v) is 3.36. The van der Waals surface area contributed by atoms with Gasteiger partial charge in [0.2, 0.25) is 11.8 Å². The van der Waals surface area contributed by atoms with Gasteiger partial charge in [-0.2, -0.15) is 0 Å². The van der Waals surface area contributed by atoms with Crippen molar-refractivity contribution in [3.63, 3.8) is 0 Å². The van der Waals surface area contributed by atoms with Crippen LogP contribution in [0.3, 0.4) is 0 Å². The lowest BCUT2D eigenvalue weighted by Gasteiger charge is -2.41. The van der Waals surface area contributed by atoms with Gasteiger partial charge in [0.05, 0.1) is 11.1 Å². The molecule has 1 N–H and O–H groups in total. The van der Waals surface area contributed by atoms with Crippen molar-refractivity contribution < 1.29 is 9.59 Å². The van der Waals surface area contributed by atoms with Crippen LogP contribution >= 0.6 is 0 Å². The number of hydrogen-bond donors (Lipinski definition) is 1. The molecule has 0 bridgehead atoms. The topological polar surface area (TPSA) is 75.2 Å². The number of aromatic nitrogens is 2. The Labute approximate surface area is 149 Å². The zero-order valence-electron chi connectivity index (χ0n) is 15.2. The van der Waals surface area contributed by atoms with Crippen molar-refractivity contribution >= 4 is 11.8 Å². The Balaban J connectivity index is 2.01. The van der Waals surface area contributed by atoms with Crippen molar-refractivity contribution in [1.29, 1.82) is 0 Å². The van der Waals surface area contributed by atoms with E-state index in [0.717, 1.165) is 25.0 Å². The van der Waals surface area contributed by atoms with Gasteiger partial charge in [-0.3, -0.25) is 19.6 Å². The summed E-state index contributed by atoms with van der Waals surface area (Å²) in [6, 6.07) is 0.109. The van der Waals surface area contributed by atoms with Gasteiger partial charge in [0.15, 0.2) is 0 Å². The number of amides is 2. The Morgan fingerprint density at radius 1 is 1.36 bits per heavy atom. The zero-order chi connectivity index (χ0) is 18.3. The molecule has 1 saturated heterocycles. The van der Waals surface area contributed by atoms with Crippen LogP contribution in [0.5, 0.6) is 0 Å². The van der Waals surface area contributed by atoms with E-state index in [1.54, 1.807) is 23.5 Å². The Hall–Kier alpha value is -2.24. The van der Waals surface area contributed by atoms with Gasteiger partial charge in [-0.15, -0.1) is 0 Å². The molecule has 0 saturated carbocycles. The highest BCUT2D eigenvalue weighted by Gasteiger charge is 2.41. The maximum absolute atomic E-state index is 12.9. The number of carbonyl (C=O) groups is 2. The van der Waals surface area contributed by atoms with Crippen LogP contribution in [0, 0.1) is 5.41 Å². The first-order valence-electron chi connectivity index (χ1n) is 8.94. The summed E-state index contributed by atoms with van der Waals surface area (Å²) in [4.78, 5) is 34.8. The van der Waals surface area contributed by atoms with E-state index in [4.69, 9.17) is 0 Å². The van der Waals surface area contributed by atoms with Crippen LogP contribution in [-0.2, 0) is 16.0 Å². The molecule has 2 amide bonds. The molecule has 25 heavy (non-hydrogen) atoms. The first-order valence-corrected chi connectivity index (χ1v) is 8.94. The van der Waals surface area contributed by atoms with E-state index in [9.17, 15) is 9.59 Å². The Bertz CT molecular complexity index is 593. The van der Waals surface area contributed by atoms with Crippen molar-refractivity contribution in [2.45, 2.75) is 52.0 Å². The van der Waals surface area contributed by atoms with Gasteiger partial charge in [-0.05, 0) is 52.0 Å². The summed E-state index contributed by atoms with van der Waals surface area (Å²) in [5, 5.41) is 3.07. The molecule has 1 aliphatic heterocycles. The normalized spacial score (nSPS) is 16.5. The van der Waals surface area contributed by atoms with Crippen molar-refractivity contribution in [3.05, 3.63) is 36.9 Å². The quantitative estimate of drug-likeness (QED) is 0.769. The minimum atomic E-state index is -0.412. The van der Waals surface area contributed by atoms with Crippen molar-refractivity contribution in [3.8, 4) is 0 Å². The van der Waals surface area contributed by atoms with Crippen molar-refractivity contribution in [2.75, 3.05) is 13.1 Å². The monoisotopic (exact) mass is 344 g/mol. The maximum atomic E-state index is 12.9. The third-order valence-corrected chi connectivity index (χ3v) is 4.81. The Morgan fingerprint density at radius 2 is 2.08 bits per heavy atom. The molecule has 1 aliphatic rings. The molecular formula is C19H28N4O2. The average Bonchev–Trinajstić information content (AvgIpc) is 2.62. The molecule has 1 aromatic heterocycles. The number of likely N-dealkylation sites (tertiary alicyclic amines) is 1. The van der Waals surface area contributed by atoms with Gasteiger partial charge in [-0.25, -0.2) is 0 Å². The lowest BCUT2D eigenvalue weighted by Crippen LogP contribution is -2.51. The summed E-state index contributed by atoms with van der Waals surface area (Å²) >= 11 is 0. The van der Waals surface area contributed by atoms with Crippen LogP contribution in [0.2, 0.25) is 0 Å². The predicted octanol–water partition coefficient (Wildman–Crippen LogP) is 2.12.